The molecule has 2 heterocycles. The molecule has 0 spiro atoms. The van der Waals surface area contributed by atoms with Crippen molar-refractivity contribution in [3.8, 4) is 0 Å². The van der Waals surface area contributed by atoms with E-state index >= 15 is 0 Å². The molecule has 0 atom stereocenters. The number of hydrogen-bond acceptors (Lipinski definition) is 6. The van der Waals surface area contributed by atoms with Gasteiger partial charge in [0.25, 0.3) is 0 Å². The predicted octanol–water partition coefficient (Wildman–Crippen LogP) is 2.52. The van der Waals surface area contributed by atoms with Crippen LogP contribution in [-0.2, 0) is 22.9 Å². The molecule has 0 saturated heterocycles. The molecular weight excluding hydrogens is 346 g/mol. The molecule has 3 rings (SSSR count). The topological polar surface area (TPSA) is 82.9 Å². The van der Waals surface area contributed by atoms with E-state index < -0.39 is 10.0 Å². The molecule has 0 fully saturated rings. The van der Waals surface area contributed by atoms with Crippen molar-refractivity contribution < 1.29 is 13.6 Å². The first kappa shape index (κ1) is 17.1. The molecule has 8 heteroatoms. The van der Waals surface area contributed by atoms with Crippen molar-refractivity contribution in [2.75, 3.05) is 13.6 Å². The molecule has 0 saturated carbocycles. The van der Waals surface area contributed by atoms with Crippen LogP contribution < -0.4 is 0 Å². The number of sulfonamides is 1. The SMILES string of the molecule is CN(CCc1ccncc1)S(=O)(=O)c1csc2c1CCC/C2=N\O. The fraction of sp³-hybridized carbons (Fsp3) is 0.375. The van der Waals surface area contributed by atoms with Crippen LogP contribution in [0, 0.1) is 0 Å². The molecule has 0 bridgehead atoms. The minimum atomic E-state index is -3.55. The highest BCUT2D eigenvalue weighted by atomic mass is 32.2. The van der Waals surface area contributed by atoms with Gasteiger partial charge in [-0.2, -0.15) is 0 Å². The summed E-state index contributed by atoms with van der Waals surface area (Å²) in [6.45, 7) is 0.401. The van der Waals surface area contributed by atoms with Crippen molar-refractivity contribution in [3.63, 3.8) is 0 Å². The van der Waals surface area contributed by atoms with Gasteiger partial charge in [-0.15, -0.1) is 11.3 Å². The molecule has 1 aliphatic carbocycles. The van der Waals surface area contributed by atoms with E-state index in [4.69, 9.17) is 5.21 Å². The molecule has 24 heavy (non-hydrogen) atoms. The number of rotatable bonds is 5. The smallest absolute Gasteiger partial charge is 0.243 e. The summed E-state index contributed by atoms with van der Waals surface area (Å²) in [7, 11) is -1.95. The van der Waals surface area contributed by atoms with Crippen LogP contribution in [0.5, 0.6) is 0 Å². The maximum Gasteiger partial charge on any atom is 0.243 e. The Morgan fingerprint density at radius 3 is 2.79 bits per heavy atom. The lowest BCUT2D eigenvalue weighted by Crippen LogP contribution is -2.29. The predicted molar refractivity (Wildman–Crippen MR) is 93.3 cm³/mol. The number of hydrogen-bond donors (Lipinski definition) is 1. The lowest BCUT2D eigenvalue weighted by molar-refractivity contribution is 0.317. The van der Waals surface area contributed by atoms with Gasteiger partial charge in [0.15, 0.2) is 0 Å². The van der Waals surface area contributed by atoms with Gasteiger partial charge in [0.05, 0.1) is 15.5 Å². The fourth-order valence-electron chi connectivity index (χ4n) is 2.83. The molecule has 0 aromatic carbocycles. The Hall–Kier alpha value is -1.77. The quantitative estimate of drug-likeness (QED) is 0.652. The van der Waals surface area contributed by atoms with Crippen LogP contribution in [-0.4, -0.2) is 42.2 Å². The molecule has 0 unspecified atom stereocenters. The zero-order valence-corrected chi connectivity index (χ0v) is 15.0. The normalized spacial score (nSPS) is 16.5. The Morgan fingerprint density at radius 1 is 1.33 bits per heavy atom. The van der Waals surface area contributed by atoms with Crippen LogP contribution in [0.4, 0.5) is 0 Å². The summed E-state index contributed by atoms with van der Waals surface area (Å²) < 4.78 is 27.2. The highest BCUT2D eigenvalue weighted by molar-refractivity contribution is 7.89. The summed E-state index contributed by atoms with van der Waals surface area (Å²) in [5.41, 5.74) is 2.42. The van der Waals surface area contributed by atoms with Gasteiger partial charge in [-0.25, -0.2) is 12.7 Å². The van der Waals surface area contributed by atoms with Crippen molar-refractivity contribution in [2.24, 2.45) is 5.16 Å². The number of thiophene rings is 1. The van der Waals surface area contributed by atoms with E-state index in [1.54, 1.807) is 24.8 Å². The summed E-state index contributed by atoms with van der Waals surface area (Å²) in [5.74, 6) is 0. The Labute approximate surface area is 145 Å². The largest absolute Gasteiger partial charge is 0.411 e. The van der Waals surface area contributed by atoms with Crippen molar-refractivity contribution in [1.82, 2.24) is 9.29 Å². The standard InChI is InChI=1S/C16H19N3O3S2/c1-19(10-7-12-5-8-17-9-6-12)24(21,22)15-11-23-16-13(15)3-2-4-14(16)18-20/h5-6,8-9,11,20H,2-4,7,10H2,1H3/b18-14+. The van der Waals surface area contributed by atoms with Crippen LogP contribution in [0.3, 0.4) is 0 Å². The molecule has 1 N–H and O–H groups in total. The highest BCUT2D eigenvalue weighted by Gasteiger charge is 2.30. The van der Waals surface area contributed by atoms with E-state index in [0.717, 1.165) is 22.4 Å². The zero-order chi connectivity index (χ0) is 17.2. The lowest BCUT2D eigenvalue weighted by atomic mass is 9.98. The van der Waals surface area contributed by atoms with Crippen LogP contribution >= 0.6 is 11.3 Å². The van der Waals surface area contributed by atoms with Crippen LogP contribution in [0.25, 0.3) is 0 Å². The van der Waals surface area contributed by atoms with Crippen molar-refractivity contribution in [2.45, 2.75) is 30.6 Å². The van der Waals surface area contributed by atoms with Gasteiger partial charge in [0.1, 0.15) is 0 Å². The Balaban J connectivity index is 1.82. The summed E-state index contributed by atoms with van der Waals surface area (Å²) in [6, 6.07) is 3.77. The molecular formula is C16H19N3O3S2. The first-order chi connectivity index (χ1) is 11.5. The first-order valence-electron chi connectivity index (χ1n) is 7.71. The summed E-state index contributed by atoms with van der Waals surface area (Å²) >= 11 is 1.34. The molecule has 2 aromatic heterocycles. The van der Waals surface area contributed by atoms with Gasteiger partial charge in [-0.1, -0.05) is 5.16 Å². The summed E-state index contributed by atoms with van der Waals surface area (Å²) in [5, 5.41) is 14.1. The van der Waals surface area contributed by atoms with E-state index in [0.29, 0.717) is 36.4 Å². The van der Waals surface area contributed by atoms with E-state index in [1.165, 1.54) is 15.6 Å². The third-order valence-electron chi connectivity index (χ3n) is 4.23. The van der Waals surface area contributed by atoms with Crippen LogP contribution in [0.1, 0.15) is 28.8 Å². The molecule has 2 aromatic rings. The van der Waals surface area contributed by atoms with E-state index in [-0.39, 0.29) is 0 Å². The van der Waals surface area contributed by atoms with E-state index in [9.17, 15) is 8.42 Å². The van der Waals surface area contributed by atoms with E-state index in [2.05, 4.69) is 10.1 Å². The monoisotopic (exact) mass is 365 g/mol. The average Bonchev–Trinajstić information content (AvgIpc) is 3.05. The summed E-state index contributed by atoms with van der Waals surface area (Å²) in [4.78, 5) is 5.11. The van der Waals surface area contributed by atoms with E-state index in [1.807, 2.05) is 12.1 Å². The zero-order valence-electron chi connectivity index (χ0n) is 13.3. The molecule has 6 nitrogen and oxygen atoms in total. The van der Waals surface area contributed by atoms with Crippen LogP contribution in [0.2, 0.25) is 0 Å². The van der Waals surface area contributed by atoms with Gasteiger partial charge in [-0.3, -0.25) is 4.98 Å². The molecule has 1 aliphatic rings. The Bertz CT molecular complexity index is 845. The van der Waals surface area contributed by atoms with Crippen molar-refractivity contribution in [1.29, 1.82) is 0 Å². The van der Waals surface area contributed by atoms with Crippen molar-refractivity contribution in [3.05, 3.63) is 45.9 Å². The molecule has 0 amide bonds. The minimum Gasteiger partial charge on any atom is -0.411 e. The molecule has 0 aliphatic heterocycles. The first-order valence-corrected chi connectivity index (χ1v) is 10.0. The van der Waals surface area contributed by atoms with Crippen molar-refractivity contribution >= 4 is 27.1 Å². The van der Waals surface area contributed by atoms with Gasteiger partial charge >= 0.3 is 0 Å². The van der Waals surface area contributed by atoms with Gasteiger partial charge in [0.2, 0.25) is 10.0 Å². The maximum absolute atomic E-state index is 12.9. The average molecular weight is 365 g/mol. The number of pyridine rings is 1. The second-order valence-corrected chi connectivity index (χ2v) is 8.63. The Kier molecular flexibility index (Phi) is 4.98. The highest BCUT2D eigenvalue weighted by Crippen LogP contribution is 2.34. The third kappa shape index (κ3) is 3.22. The number of oxime groups is 1. The minimum absolute atomic E-state index is 0.348. The second kappa shape index (κ2) is 7.00. The molecule has 0 radical (unpaired) electrons. The third-order valence-corrected chi connectivity index (χ3v) is 7.38. The second-order valence-electron chi connectivity index (χ2n) is 5.74. The van der Waals surface area contributed by atoms with Gasteiger partial charge in [-0.05, 0) is 48.9 Å². The van der Waals surface area contributed by atoms with Gasteiger partial charge in [0, 0.05) is 31.4 Å². The number of nitrogens with zero attached hydrogens (tertiary/aromatic N) is 3. The number of likely N-dealkylation sites (N-methyl/N-ethyl adjacent to an activating group) is 1. The number of aromatic nitrogens is 1. The maximum atomic E-state index is 12.9. The lowest BCUT2D eigenvalue weighted by Gasteiger charge is -2.19. The Morgan fingerprint density at radius 2 is 2.08 bits per heavy atom. The number of fused-ring (bicyclic) bond motifs is 1. The fourth-order valence-corrected chi connectivity index (χ4v) is 5.71. The van der Waals surface area contributed by atoms with Gasteiger partial charge < -0.3 is 5.21 Å². The van der Waals surface area contributed by atoms with Crippen LogP contribution in [0.15, 0.2) is 40.0 Å². The molecule has 128 valence electrons. The summed E-state index contributed by atoms with van der Waals surface area (Å²) in [6.07, 6.45) is 6.22.